The number of benzene rings is 1. The van der Waals surface area contributed by atoms with E-state index in [0.717, 1.165) is 29.0 Å². The molecule has 1 atom stereocenters. The zero-order chi connectivity index (χ0) is 16.2. The van der Waals surface area contributed by atoms with Crippen LogP contribution in [0, 0.1) is 0 Å². The van der Waals surface area contributed by atoms with Crippen molar-refractivity contribution in [3.05, 3.63) is 48.0 Å². The standard InChI is InChI=1S/C16H19N5OS/c1-21-10-11(9-17-21)16(22)20-14(7-8-23-2)15-18-12-5-3-4-6-13(12)19-15/h3-6,9-10,14H,7-8H2,1-2H3,(H,18,19)(H,20,22)/t14-/m0/s1. The molecule has 0 aliphatic carbocycles. The Balaban J connectivity index is 1.83. The lowest BCUT2D eigenvalue weighted by molar-refractivity contribution is 0.0934. The van der Waals surface area contributed by atoms with Gasteiger partial charge in [-0.1, -0.05) is 12.1 Å². The van der Waals surface area contributed by atoms with E-state index in [-0.39, 0.29) is 11.9 Å². The summed E-state index contributed by atoms with van der Waals surface area (Å²) < 4.78 is 1.62. The number of rotatable bonds is 6. The third kappa shape index (κ3) is 3.56. The first-order valence-electron chi connectivity index (χ1n) is 7.40. The molecule has 0 fully saturated rings. The van der Waals surface area contributed by atoms with Gasteiger partial charge in [0.25, 0.3) is 5.91 Å². The molecule has 0 spiro atoms. The van der Waals surface area contributed by atoms with Gasteiger partial charge < -0.3 is 10.3 Å². The summed E-state index contributed by atoms with van der Waals surface area (Å²) in [4.78, 5) is 20.3. The number of imidazole rings is 1. The summed E-state index contributed by atoms with van der Waals surface area (Å²) in [7, 11) is 1.79. The Morgan fingerprint density at radius 1 is 1.43 bits per heavy atom. The molecular formula is C16H19N5OS. The molecule has 0 saturated carbocycles. The minimum absolute atomic E-state index is 0.135. The Bertz CT molecular complexity index is 777. The molecule has 0 radical (unpaired) electrons. The molecule has 3 aromatic rings. The second-order valence-electron chi connectivity index (χ2n) is 5.35. The Hall–Kier alpha value is -2.28. The van der Waals surface area contributed by atoms with Crippen molar-refractivity contribution in [2.45, 2.75) is 12.5 Å². The number of H-pyrrole nitrogens is 1. The zero-order valence-corrected chi connectivity index (χ0v) is 13.9. The third-order valence-electron chi connectivity index (χ3n) is 3.62. The van der Waals surface area contributed by atoms with Crippen molar-refractivity contribution in [2.24, 2.45) is 7.05 Å². The predicted molar refractivity (Wildman–Crippen MR) is 92.5 cm³/mol. The van der Waals surface area contributed by atoms with Crippen molar-refractivity contribution >= 4 is 28.7 Å². The predicted octanol–water partition coefficient (Wildman–Crippen LogP) is 2.52. The van der Waals surface area contributed by atoms with E-state index in [9.17, 15) is 4.79 Å². The number of hydrogen-bond donors (Lipinski definition) is 2. The van der Waals surface area contributed by atoms with Crippen LogP contribution in [-0.2, 0) is 7.05 Å². The highest BCUT2D eigenvalue weighted by Gasteiger charge is 2.19. The number of aromatic nitrogens is 4. The summed E-state index contributed by atoms with van der Waals surface area (Å²) in [6.45, 7) is 0. The van der Waals surface area contributed by atoms with Crippen molar-refractivity contribution in [3.8, 4) is 0 Å². The van der Waals surface area contributed by atoms with Gasteiger partial charge in [-0.3, -0.25) is 9.48 Å². The topological polar surface area (TPSA) is 75.6 Å². The summed E-state index contributed by atoms with van der Waals surface area (Å²) in [5.74, 6) is 1.59. The lowest BCUT2D eigenvalue weighted by Crippen LogP contribution is -2.29. The number of fused-ring (bicyclic) bond motifs is 1. The highest BCUT2D eigenvalue weighted by atomic mass is 32.2. The summed E-state index contributed by atoms with van der Waals surface area (Å²) in [5.41, 5.74) is 2.44. The summed E-state index contributed by atoms with van der Waals surface area (Å²) in [6, 6.07) is 7.72. The molecule has 0 unspecified atom stereocenters. The quantitative estimate of drug-likeness (QED) is 0.728. The van der Waals surface area contributed by atoms with Crippen LogP contribution >= 0.6 is 11.8 Å². The van der Waals surface area contributed by atoms with Gasteiger partial charge in [0.15, 0.2) is 0 Å². The number of nitrogens with one attached hydrogen (secondary N) is 2. The van der Waals surface area contributed by atoms with Gasteiger partial charge in [0.1, 0.15) is 5.82 Å². The van der Waals surface area contributed by atoms with Crippen molar-refractivity contribution in [1.82, 2.24) is 25.1 Å². The lowest BCUT2D eigenvalue weighted by Gasteiger charge is -2.15. The van der Waals surface area contributed by atoms with Gasteiger partial charge >= 0.3 is 0 Å². The zero-order valence-electron chi connectivity index (χ0n) is 13.1. The van der Waals surface area contributed by atoms with E-state index in [1.54, 1.807) is 35.9 Å². The fraction of sp³-hybridized carbons (Fsp3) is 0.312. The molecule has 120 valence electrons. The van der Waals surface area contributed by atoms with E-state index in [4.69, 9.17) is 0 Å². The fourth-order valence-corrected chi connectivity index (χ4v) is 2.90. The van der Waals surface area contributed by atoms with Gasteiger partial charge in [0.05, 0.1) is 28.8 Å². The molecule has 0 aliphatic rings. The Labute approximate surface area is 138 Å². The van der Waals surface area contributed by atoms with E-state index in [1.807, 2.05) is 24.3 Å². The first kappa shape index (κ1) is 15.6. The van der Waals surface area contributed by atoms with Crippen molar-refractivity contribution in [1.29, 1.82) is 0 Å². The molecule has 6 nitrogen and oxygen atoms in total. The number of thioether (sulfide) groups is 1. The molecule has 3 rings (SSSR count). The monoisotopic (exact) mass is 329 g/mol. The van der Waals surface area contributed by atoms with Crippen LogP contribution < -0.4 is 5.32 Å². The van der Waals surface area contributed by atoms with E-state index in [0.29, 0.717) is 5.56 Å². The molecule has 0 aliphatic heterocycles. The number of hydrogen-bond acceptors (Lipinski definition) is 4. The van der Waals surface area contributed by atoms with Crippen LogP contribution in [0.25, 0.3) is 11.0 Å². The van der Waals surface area contributed by atoms with E-state index < -0.39 is 0 Å². The van der Waals surface area contributed by atoms with Crippen LogP contribution in [0.2, 0.25) is 0 Å². The summed E-state index contributed by atoms with van der Waals surface area (Å²) in [6.07, 6.45) is 6.14. The SMILES string of the molecule is CSCC[C@H](NC(=O)c1cnn(C)c1)c1nc2ccccc2[nH]1. The largest absolute Gasteiger partial charge is 0.342 e. The second-order valence-corrected chi connectivity index (χ2v) is 6.33. The van der Waals surface area contributed by atoms with Gasteiger partial charge in [0, 0.05) is 13.2 Å². The smallest absolute Gasteiger partial charge is 0.255 e. The number of aromatic amines is 1. The van der Waals surface area contributed by atoms with Gasteiger partial charge in [-0.15, -0.1) is 0 Å². The van der Waals surface area contributed by atoms with Crippen LogP contribution in [0.1, 0.15) is 28.6 Å². The first-order valence-corrected chi connectivity index (χ1v) is 8.80. The van der Waals surface area contributed by atoms with Gasteiger partial charge in [-0.2, -0.15) is 16.9 Å². The normalized spacial score (nSPS) is 12.4. The van der Waals surface area contributed by atoms with E-state index in [1.165, 1.54) is 0 Å². The molecule has 2 N–H and O–H groups in total. The molecule has 7 heteroatoms. The number of aryl methyl sites for hydroxylation is 1. The maximum Gasteiger partial charge on any atom is 0.255 e. The Morgan fingerprint density at radius 3 is 2.96 bits per heavy atom. The van der Waals surface area contributed by atoms with Crippen molar-refractivity contribution < 1.29 is 4.79 Å². The third-order valence-corrected chi connectivity index (χ3v) is 4.26. The molecule has 1 aromatic carbocycles. The average molecular weight is 329 g/mol. The number of para-hydroxylation sites is 2. The maximum atomic E-state index is 12.4. The van der Waals surface area contributed by atoms with Gasteiger partial charge in [0.2, 0.25) is 0 Å². The Kier molecular flexibility index (Phi) is 4.66. The summed E-state index contributed by atoms with van der Waals surface area (Å²) >= 11 is 1.75. The molecule has 23 heavy (non-hydrogen) atoms. The van der Waals surface area contributed by atoms with Crippen LogP contribution in [0.15, 0.2) is 36.7 Å². The maximum absolute atomic E-state index is 12.4. The molecule has 1 amide bonds. The fourth-order valence-electron chi connectivity index (χ4n) is 2.43. The molecule has 2 aromatic heterocycles. The molecule has 0 saturated heterocycles. The van der Waals surface area contributed by atoms with Crippen LogP contribution in [0.4, 0.5) is 0 Å². The van der Waals surface area contributed by atoms with E-state index in [2.05, 4.69) is 26.6 Å². The highest BCUT2D eigenvalue weighted by molar-refractivity contribution is 7.98. The van der Waals surface area contributed by atoms with Gasteiger partial charge in [-0.05, 0) is 30.6 Å². The lowest BCUT2D eigenvalue weighted by atomic mass is 10.2. The number of amides is 1. The number of carbonyl (C=O) groups excluding carboxylic acids is 1. The van der Waals surface area contributed by atoms with Crippen molar-refractivity contribution in [2.75, 3.05) is 12.0 Å². The Morgan fingerprint density at radius 2 is 2.26 bits per heavy atom. The average Bonchev–Trinajstić information content (AvgIpc) is 3.17. The highest BCUT2D eigenvalue weighted by Crippen LogP contribution is 2.20. The first-order chi connectivity index (χ1) is 11.2. The second kappa shape index (κ2) is 6.87. The molecule has 2 heterocycles. The van der Waals surface area contributed by atoms with Crippen molar-refractivity contribution in [3.63, 3.8) is 0 Å². The minimum Gasteiger partial charge on any atom is -0.342 e. The minimum atomic E-state index is -0.150. The van der Waals surface area contributed by atoms with Gasteiger partial charge in [-0.25, -0.2) is 4.98 Å². The summed E-state index contributed by atoms with van der Waals surface area (Å²) in [5, 5.41) is 7.10. The number of nitrogens with zero attached hydrogens (tertiary/aromatic N) is 3. The number of carbonyl (C=O) groups is 1. The van der Waals surface area contributed by atoms with Crippen LogP contribution in [0.3, 0.4) is 0 Å². The molecule has 0 bridgehead atoms. The van der Waals surface area contributed by atoms with Crippen LogP contribution in [-0.4, -0.2) is 37.7 Å². The van der Waals surface area contributed by atoms with E-state index >= 15 is 0 Å². The van der Waals surface area contributed by atoms with Crippen LogP contribution in [0.5, 0.6) is 0 Å². The molecular weight excluding hydrogens is 310 g/mol.